The van der Waals surface area contributed by atoms with Crippen molar-refractivity contribution in [3.8, 4) is 0 Å². The zero-order chi connectivity index (χ0) is 16.5. The Balaban J connectivity index is -0.0000000376. The second kappa shape index (κ2) is 57.1. The zero-order valence-electron chi connectivity index (χ0n) is 16.4. The average molecular weight is 515 g/mol. The molecule has 132 valence electrons. The van der Waals surface area contributed by atoms with E-state index in [0.717, 1.165) is 52.4 Å². The van der Waals surface area contributed by atoms with Crippen molar-refractivity contribution in [2.24, 2.45) is 0 Å². The van der Waals surface area contributed by atoms with Crippen molar-refractivity contribution in [3.63, 3.8) is 0 Å². The molecule has 6 heteroatoms. The molecule has 0 saturated carbocycles. The van der Waals surface area contributed by atoms with Crippen LogP contribution in [0.4, 0.5) is 0 Å². The van der Waals surface area contributed by atoms with E-state index in [1.165, 1.54) is 0 Å². The molecule has 0 aromatic heterocycles. The first-order chi connectivity index (χ1) is 9.66. The maximum absolute atomic E-state index is 3.97. The van der Waals surface area contributed by atoms with E-state index >= 15 is 0 Å². The van der Waals surface area contributed by atoms with E-state index in [1.807, 2.05) is 55.4 Å². The van der Waals surface area contributed by atoms with Crippen LogP contribution in [-0.4, -0.2) is 52.4 Å². The molecule has 0 N–H and O–H groups in total. The van der Waals surface area contributed by atoms with Gasteiger partial charge in [-0.05, 0) is 0 Å². The van der Waals surface area contributed by atoms with Crippen LogP contribution in [0.2, 0.25) is 0 Å². The number of hydrogen-bond donors (Lipinski definition) is 0. The molecule has 0 rings (SSSR count). The van der Waals surface area contributed by atoms with Crippen molar-refractivity contribution in [3.05, 3.63) is 21.3 Å². The first kappa shape index (κ1) is 38.8. The van der Waals surface area contributed by atoms with Crippen molar-refractivity contribution in [1.29, 1.82) is 0 Å². The Labute approximate surface area is 175 Å². The van der Waals surface area contributed by atoms with E-state index in [1.54, 1.807) is 0 Å². The standard InChI is InChI=1S/4C4H10N.Hf.Ti/c4*1-3-5-4-2;;/h4*3-4H2,1-2H3;;/q4*-1;+4;. The van der Waals surface area contributed by atoms with Crippen molar-refractivity contribution in [2.75, 3.05) is 52.4 Å². The quantitative estimate of drug-likeness (QED) is 0.379. The topological polar surface area (TPSA) is 56.4 Å². The molecule has 4 nitrogen and oxygen atoms in total. The van der Waals surface area contributed by atoms with Crippen LogP contribution in [0.3, 0.4) is 0 Å². The fraction of sp³-hybridized carbons (Fsp3) is 1.00. The van der Waals surface area contributed by atoms with Gasteiger partial charge < -0.3 is 21.3 Å². The largest absolute Gasteiger partial charge is 4.00 e. The van der Waals surface area contributed by atoms with Gasteiger partial charge >= 0.3 is 25.8 Å². The van der Waals surface area contributed by atoms with Gasteiger partial charge in [-0.25, -0.2) is 0 Å². The molecule has 0 aliphatic heterocycles. The molecule has 0 amide bonds. The minimum atomic E-state index is 0. The minimum Gasteiger partial charge on any atom is -0.663 e. The van der Waals surface area contributed by atoms with Crippen LogP contribution in [0.15, 0.2) is 0 Å². The van der Waals surface area contributed by atoms with Gasteiger partial charge in [-0.3, -0.25) is 0 Å². The van der Waals surface area contributed by atoms with Crippen molar-refractivity contribution in [2.45, 2.75) is 55.4 Å². The van der Waals surface area contributed by atoms with E-state index in [-0.39, 0.29) is 47.6 Å². The smallest absolute Gasteiger partial charge is 0.663 e. The van der Waals surface area contributed by atoms with E-state index < -0.39 is 0 Å². The fourth-order valence-corrected chi connectivity index (χ4v) is 0.894. The van der Waals surface area contributed by atoms with Crippen LogP contribution in [-0.2, 0) is 47.6 Å². The molecule has 0 aromatic rings. The van der Waals surface area contributed by atoms with Gasteiger partial charge in [0, 0.05) is 21.7 Å². The average Bonchev–Trinajstić information content (AvgIpc) is 2.44. The normalized spacial score (nSPS) is 7.64. The summed E-state index contributed by atoms with van der Waals surface area (Å²) in [6, 6.07) is 0. The number of hydrogen-bond acceptors (Lipinski definition) is 0. The third-order valence-corrected chi connectivity index (χ3v) is 1.79. The van der Waals surface area contributed by atoms with Gasteiger partial charge in [-0.1, -0.05) is 55.4 Å². The molecule has 0 bridgehead atoms. The van der Waals surface area contributed by atoms with Crippen molar-refractivity contribution >= 4 is 0 Å². The molecule has 0 aromatic carbocycles. The summed E-state index contributed by atoms with van der Waals surface area (Å²) in [6.45, 7) is 24.1. The molecular weight excluding hydrogens is 475 g/mol. The van der Waals surface area contributed by atoms with Gasteiger partial charge in [0.2, 0.25) is 0 Å². The Bertz CT molecular complexity index is 80.1. The van der Waals surface area contributed by atoms with Gasteiger partial charge in [0.25, 0.3) is 0 Å². The predicted molar refractivity (Wildman–Crippen MR) is 97.8 cm³/mol. The summed E-state index contributed by atoms with van der Waals surface area (Å²) >= 11 is 0. The Kier molecular flexibility index (Phi) is 101. The monoisotopic (exact) mass is 516 g/mol. The summed E-state index contributed by atoms with van der Waals surface area (Å²) in [4.78, 5) is 0. The molecule has 0 unspecified atom stereocenters. The third kappa shape index (κ3) is 101. The van der Waals surface area contributed by atoms with Crippen molar-refractivity contribution in [1.82, 2.24) is 0 Å². The van der Waals surface area contributed by atoms with E-state index in [2.05, 4.69) is 21.3 Å². The second-order valence-electron chi connectivity index (χ2n) is 3.42. The molecule has 0 heterocycles. The van der Waals surface area contributed by atoms with E-state index in [4.69, 9.17) is 0 Å². The molecule has 22 heavy (non-hydrogen) atoms. The fourth-order valence-electron chi connectivity index (χ4n) is 0.894. The second-order valence-corrected chi connectivity index (χ2v) is 3.42. The summed E-state index contributed by atoms with van der Waals surface area (Å²) < 4.78 is 0. The summed E-state index contributed by atoms with van der Waals surface area (Å²) in [5.41, 5.74) is 0. The Morgan fingerprint density at radius 3 is 0.455 bits per heavy atom. The molecule has 0 aliphatic carbocycles. The Morgan fingerprint density at radius 2 is 0.455 bits per heavy atom. The first-order valence-electron chi connectivity index (χ1n) is 8.19. The van der Waals surface area contributed by atoms with Crippen LogP contribution >= 0.6 is 0 Å². The van der Waals surface area contributed by atoms with Gasteiger partial charge in [-0.15, -0.1) is 0 Å². The maximum atomic E-state index is 3.97. The maximum Gasteiger partial charge on any atom is 4.00 e. The summed E-state index contributed by atoms with van der Waals surface area (Å²) in [6.07, 6.45) is 0. The molecule has 0 spiro atoms. The first-order valence-corrected chi connectivity index (χ1v) is 8.19. The number of rotatable bonds is 8. The summed E-state index contributed by atoms with van der Waals surface area (Å²) in [7, 11) is 0. The van der Waals surface area contributed by atoms with Gasteiger partial charge in [0.1, 0.15) is 0 Å². The van der Waals surface area contributed by atoms with Gasteiger partial charge in [-0.2, -0.15) is 52.4 Å². The van der Waals surface area contributed by atoms with Gasteiger partial charge in [0.15, 0.2) is 0 Å². The zero-order valence-corrected chi connectivity index (χ0v) is 21.6. The molecule has 0 aliphatic rings. The minimum absolute atomic E-state index is 0. The van der Waals surface area contributed by atoms with Crippen LogP contribution < -0.4 is 0 Å². The molecule has 0 radical (unpaired) electrons. The van der Waals surface area contributed by atoms with E-state index in [9.17, 15) is 0 Å². The summed E-state index contributed by atoms with van der Waals surface area (Å²) in [5.74, 6) is 0. The van der Waals surface area contributed by atoms with Crippen LogP contribution in [0.25, 0.3) is 21.3 Å². The SMILES string of the molecule is CC[N-]CC.CC[N-]CC.CC[N-]CC.CC[N-]CC.[Hf+4].[Ti]. The molecule has 0 atom stereocenters. The van der Waals surface area contributed by atoms with Crippen molar-refractivity contribution < 1.29 is 47.6 Å². The molecule has 0 fully saturated rings. The van der Waals surface area contributed by atoms with Gasteiger partial charge in [0.05, 0.1) is 0 Å². The van der Waals surface area contributed by atoms with Crippen LogP contribution in [0.5, 0.6) is 0 Å². The molecule has 0 saturated heterocycles. The Hall–Kier alpha value is 1.42. The predicted octanol–water partition coefficient (Wildman–Crippen LogP) is 5.59. The van der Waals surface area contributed by atoms with E-state index in [0.29, 0.717) is 0 Å². The molecular formula is C16H40HfN4Ti. The van der Waals surface area contributed by atoms with Crippen LogP contribution in [0, 0.1) is 0 Å². The summed E-state index contributed by atoms with van der Waals surface area (Å²) in [5, 5.41) is 15.9. The Morgan fingerprint density at radius 1 is 0.364 bits per heavy atom. The van der Waals surface area contributed by atoms with Crippen LogP contribution in [0.1, 0.15) is 55.4 Å². The number of nitrogens with zero attached hydrogens (tertiary/aromatic N) is 4. The third-order valence-electron chi connectivity index (χ3n) is 1.79.